The maximum absolute atomic E-state index is 11.2. The van der Waals surface area contributed by atoms with E-state index in [4.69, 9.17) is 16.7 Å². The van der Waals surface area contributed by atoms with Crippen molar-refractivity contribution < 1.29 is 9.90 Å². The molecule has 1 rings (SSSR count). The van der Waals surface area contributed by atoms with Gasteiger partial charge in [-0.05, 0) is 18.3 Å². The number of carboxylic acids is 1. The summed E-state index contributed by atoms with van der Waals surface area (Å²) in [6.45, 7) is 8.71. The number of aromatic nitrogens is 2. The Bertz CT molecular complexity index is 411. The molecule has 17 heavy (non-hydrogen) atoms. The van der Waals surface area contributed by atoms with E-state index in [9.17, 15) is 4.79 Å². The summed E-state index contributed by atoms with van der Waals surface area (Å²) < 4.78 is 1.60. The zero-order chi connectivity index (χ0) is 13.2. The van der Waals surface area contributed by atoms with Crippen LogP contribution in [-0.4, -0.2) is 20.9 Å². The van der Waals surface area contributed by atoms with Gasteiger partial charge in [0.15, 0.2) is 0 Å². The molecular weight excluding hydrogens is 240 g/mol. The molecule has 0 spiro atoms. The highest BCUT2D eigenvalue weighted by atomic mass is 35.5. The molecule has 0 unspecified atom stereocenters. The fourth-order valence-corrected chi connectivity index (χ4v) is 1.89. The maximum Gasteiger partial charge on any atom is 0.340 e. The Labute approximate surface area is 107 Å². The molecule has 96 valence electrons. The molecule has 1 N–H and O–H groups in total. The molecule has 0 aliphatic heterocycles. The van der Waals surface area contributed by atoms with Crippen LogP contribution in [0.3, 0.4) is 0 Å². The predicted molar refractivity (Wildman–Crippen MR) is 67.7 cm³/mol. The summed E-state index contributed by atoms with van der Waals surface area (Å²) in [5.41, 5.74) is 0.705. The first-order chi connectivity index (χ1) is 7.84. The number of hydrogen-bond donors (Lipinski definition) is 1. The lowest BCUT2D eigenvalue weighted by Crippen LogP contribution is -2.04. The molecule has 1 heterocycles. The second-order valence-corrected chi connectivity index (χ2v) is 5.27. The van der Waals surface area contributed by atoms with Crippen molar-refractivity contribution >= 4 is 17.6 Å². The van der Waals surface area contributed by atoms with Crippen molar-refractivity contribution in [2.75, 3.05) is 0 Å². The molecule has 0 aliphatic carbocycles. The molecule has 0 radical (unpaired) electrons. The van der Waals surface area contributed by atoms with Gasteiger partial charge in [-0.3, -0.25) is 4.68 Å². The highest BCUT2D eigenvalue weighted by Crippen LogP contribution is 2.26. The van der Waals surface area contributed by atoms with Crippen molar-refractivity contribution in [3.63, 3.8) is 0 Å². The van der Waals surface area contributed by atoms with E-state index in [0.29, 0.717) is 18.2 Å². The number of carboxylic acid groups (broad SMARTS) is 1. The van der Waals surface area contributed by atoms with E-state index >= 15 is 0 Å². The van der Waals surface area contributed by atoms with E-state index in [0.717, 1.165) is 6.42 Å². The lowest BCUT2D eigenvalue weighted by Gasteiger charge is -2.05. The van der Waals surface area contributed by atoms with Gasteiger partial charge in [-0.2, -0.15) is 5.10 Å². The van der Waals surface area contributed by atoms with Crippen molar-refractivity contribution in [1.29, 1.82) is 0 Å². The Morgan fingerprint density at radius 1 is 1.41 bits per heavy atom. The molecule has 5 heteroatoms. The monoisotopic (exact) mass is 258 g/mol. The minimum Gasteiger partial charge on any atom is -0.478 e. The van der Waals surface area contributed by atoms with E-state index in [2.05, 4.69) is 18.9 Å². The number of hydrogen-bond acceptors (Lipinski definition) is 2. The first-order valence-electron chi connectivity index (χ1n) is 5.84. The molecule has 0 aromatic carbocycles. The third-order valence-corrected chi connectivity index (χ3v) is 2.98. The number of aromatic carboxylic acids is 1. The molecule has 0 saturated heterocycles. The summed E-state index contributed by atoms with van der Waals surface area (Å²) >= 11 is 6.07. The van der Waals surface area contributed by atoms with Crippen LogP contribution in [0.25, 0.3) is 0 Å². The molecule has 4 nitrogen and oxygen atoms in total. The Morgan fingerprint density at radius 3 is 2.35 bits per heavy atom. The van der Waals surface area contributed by atoms with E-state index < -0.39 is 5.97 Å². The zero-order valence-electron chi connectivity index (χ0n) is 10.7. The third kappa shape index (κ3) is 3.22. The van der Waals surface area contributed by atoms with Crippen LogP contribution in [0.2, 0.25) is 5.15 Å². The Kier molecular flexibility index (Phi) is 4.57. The summed E-state index contributed by atoms with van der Waals surface area (Å²) in [5, 5.41) is 13.7. The highest BCUT2D eigenvalue weighted by molar-refractivity contribution is 6.32. The van der Waals surface area contributed by atoms with Crippen LogP contribution in [0.5, 0.6) is 0 Å². The SMILES string of the molecule is CC(C)CCn1nc(C(C)C)c(C(=O)O)c1Cl. The van der Waals surface area contributed by atoms with Gasteiger partial charge in [0.05, 0.1) is 5.69 Å². The fraction of sp³-hybridized carbons (Fsp3) is 0.667. The molecule has 1 aromatic rings. The second kappa shape index (κ2) is 5.54. The number of aryl methyl sites for hydroxylation is 1. The predicted octanol–water partition coefficient (Wildman–Crippen LogP) is 3.40. The number of nitrogens with zero attached hydrogens (tertiary/aromatic N) is 2. The first-order valence-corrected chi connectivity index (χ1v) is 6.21. The van der Waals surface area contributed by atoms with Crippen LogP contribution in [0.4, 0.5) is 0 Å². The molecule has 0 bridgehead atoms. The van der Waals surface area contributed by atoms with Gasteiger partial charge >= 0.3 is 5.97 Å². The summed E-state index contributed by atoms with van der Waals surface area (Å²) in [7, 11) is 0. The fourth-order valence-electron chi connectivity index (χ4n) is 1.59. The van der Waals surface area contributed by atoms with E-state index in [1.807, 2.05) is 13.8 Å². The number of halogens is 1. The Morgan fingerprint density at radius 2 is 2.00 bits per heavy atom. The summed E-state index contributed by atoms with van der Waals surface area (Å²) in [6.07, 6.45) is 0.929. The summed E-state index contributed by atoms with van der Waals surface area (Å²) in [5.74, 6) is -0.417. The van der Waals surface area contributed by atoms with E-state index in [-0.39, 0.29) is 16.6 Å². The van der Waals surface area contributed by atoms with Crippen LogP contribution in [-0.2, 0) is 6.54 Å². The Balaban J connectivity index is 3.08. The van der Waals surface area contributed by atoms with Gasteiger partial charge in [-0.1, -0.05) is 39.3 Å². The van der Waals surface area contributed by atoms with Gasteiger partial charge in [0.1, 0.15) is 10.7 Å². The van der Waals surface area contributed by atoms with Gasteiger partial charge < -0.3 is 5.11 Å². The number of rotatable bonds is 5. The van der Waals surface area contributed by atoms with E-state index in [1.165, 1.54) is 0 Å². The molecule has 0 aliphatic rings. The molecule has 0 fully saturated rings. The standard InChI is InChI=1S/C12H19ClN2O2/c1-7(2)5-6-15-11(13)9(12(16)17)10(14-15)8(3)4/h7-8H,5-6H2,1-4H3,(H,16,17). The lowest BCUT2D eigenvalue weighted by atomic mass is 10.1. The van der Waals surface area contributed by atoms with Crippen LogP contribution in [0.1, 0.15) is 56.1 Å². The Hall–Kier alpha value is -1.03. The molecule has 0 atom stereocenters. The van der Waals surface area contributed by atoms with E-state index in [1.54, 1.807) is 4.68 Å². The minimum atomic E-state index is -1.01. The van der Waals surface area contributed by atoms with Crippen molar-refractivity contribution in [2.24, 2.45) is 5.92 Å². The molecule has 0 saturated carbocycles. The quantitative estimate of drug-likeness (QED) is 0.881. The van der Waals surface area contributed by atoms with Gasteiger partial charge in [0.25, 0.3) is 0 Å². The van der Waals surface area contributed by atoms with Gasteiger partial charge in [0.2, 0.25) is 0 Å². The van der Waals surface area contributed by atoms with Crippen molar-refractivity contribution in [2.45, 2.75) is 46.6 Å². The minimum absolute atomic E-state index is 0.0545. The normalized spacial score (nSPS) is 11.5. The smallest absolute Gasteiger partial charge is 0.340 e. The van der Waals surface area contributed by atoms with Crippen LogP contribution in [0, 0.1) is 5.92 Å². The van der Waals surface area contributed by atoms with Crippen LogP contribution < -0.4 is 0 Å². The highest BCUT2D eigenvalue weighted by Gasteiger charge is 2.23. The number of carbonyl (C=O) groups is 1. The summed E-state index contributed by atoms with van der Waals surface area (Å²) in [4.78, 5) is 11.2. The average molecular weight is 259 g/mol. The van der Waals surface area contributed by atoms with Crippen LogP contribution in [0.15, 0.2) is 0 Å². The van der Waals surface area contributed by atoms with Crippen molar-refractivity contribution in [3.8, 4) is 0 Å². The topological polar surface area (TPSA) is 55.1 Å². The largest absolute Gasteiger partial charge is 0.478 e. The molecular formula is C12H19ClN2O2. The van der Waals surface area contributed by atoms with Gasteiger partial charge in [-0.25, -0.2) is 4.79 Å². The first kappa shape index (κ1) is 14.0. The molecule has 0 amide bonds. The summed E-state index contributed by atoms with van der Waals surface area (Å²) in [6, 6.07) is 0. The third-order valence-electron chi connectivity index (χ3n) is 2.60. The second-order valence-electron chi connectivity index (χ2n) is 4.92. The average Bonchev–Trinajstić information content (AvgIpc) is 2.52. The van der Waals surface area contributed by atoms with Gasteiger partial charge in [-0.15, -0.1) is 0 Å². The van der Waals surface area contributed by atoms with Crippen molar-refractivity contribution in [1.82, 2.24) is 9.78 Å². The van der Waals surface area contributed by atoms with Crippen LogP contribution >= 0.6 is 11.6 Å². The van der Waals surface area contributed by atoms with Gasteiger partial charge in [0, 0.05) is 6.54 Å². The zero-order valence-corrected chi connectivity index (χ0v) is 11.5. The molecule has 1 aromatic heterocycles. The van der Waals surface area contributed by atoms with Crippen molar-refractivity contribution in [3.05, 3.63) is 16.4 Å². The lowest BCUT2D eigenvalue weighted by molar-refractivity contribution is 0.0695. The maximum atomic E-state index is 11.2.